The molecule has 6 nitrogen and oxygen atoms in total. The van der Waals surface area contributed by atoms with Gasteiger partial charge in [0.15, 0.2) is 0 Å². The van der Waals surface area contributed by atoms with Gasteiger partial charge in [0.05, 0.1) is 6.61 Å². The Labute approximate surface area is 106 Å². The molecule has 0 saturated heterocycles. The fourth-order valence-corrected chi connectivity index (χ4v) is 1.04. The van der Waals surface area contributed by atoms with Crippen molar-refractivity contribution < 1.29 is 28.6 Å². The van der Waals surface area contributed by atoms with E-state index in [9.17, 15) is 14.4 Å². The van der Waals surface area contributed by atoms with Crippen molar-refractivity contribution in [2.45, 2.75) is 26.2 Å². The van der Waals surface area contributed by atoms with Crippen molar-refractivity contribution in [3.05, 3.63) is 12.7 Å². The van der Waals surface area contributed by atoms with Crippen LogP contribution in [-0.2, 0) is 28.6 Å². The lowest BCUT2D eigenvalue weighted by Gasteiger charge is -2.05. The lowest BCUT2D eigenvalue weighted by Crippen LogP contribution is -2.13. The maximum atomic E-state index is 11.2. The lowest BCUT2D eigenvalue weighted by molar-refractivity contribution is -0.150. The van der Waals surface area contributed by atoms with Gasteiger partial charge in [-0.15, -0.1) is 0 Å². The minimum Gasteiger partial charge on any atom is -0.466 e. The zero-order chi connectivity index (χ0) is 13.8. The summed E-state index contributed by atoms with van der Waals surface area (Å²) < 4.78 is 14.1. The maximum Gasteiger partial charge on any atom is 0.330 e. The third-order valence-electron chi connectivity index (χ3n) is 1.82. The van der Waals surface area contributed by atoms with Crippen LogP contribution in [0.15, 0.2) is 12.7 Å². The SMILES string of the molecule is C=CC(=O)OCCOC(=O)CCCC(=O)OCC. The smallest absolute Gasteiger partial charge is 0.330 e. The van der Waals surface area contributed by atoms with Crippen LogP contribution >= 0.6 is 0 Å². The van der Waals surface area contributed by atoms with Crippen LogP contribution in [0.2, 0.25) is 0 Å². The predicted octanol–water partition coefficient (Wildman–Crippen LogP) is 0.992. The van der Waals surface area contributed by atoms with Gasteiger partial charge in [-0.1, -0.05) is 6.58 Å². The summed E-state index contributed by atoms with van der Waals surface area (Å²) in [6, 6.07) is 0. The monoisotopic (exact) mass is 258 g/mol. The molecule has 0 aromatic rings. The highest BCUT2D eigenvalue weighted by Crippen LogP contribution is 1.99. The van der Waals surface area contributed by atoms with Crippen LogP contribution in [0.1, 0.15) is 26.2 Å². The van der Waals surface area contributed by atoms with Crippen LogP contribution in [0.5, 0.6) is 0 Å². The first kappa shape index (κ1) is 16.1. The Morgan fingerprint density at radius 2 is 1.56 bits per heavy atom. The van der Waals surface area contributed by atoms with E-state index < -0.39 is 11.9 Å². The fraction of sp³-hybridized carbons (Fsp3) is 0.583. The molecule has 0 bridgehead atoms. The second-order valence-corrected chi connectivity index (χ2v) is 3.25. The van der Waals surface area contributed by atoms with Gasteiger partial charge < -0.3 is 14.2 Å². The molecule has 0 heterocycles. The van der Waals surface area contributed by atoms with E-state index >= 15 is 0 Å². The lowest BCUT2D eigenvalue weighted by atomic mass is 10.2. The number of ether oxygens (including phenoxy) is 3. The summed E-state index contributed by atoms with van der Waals surface area (Å²) >= 11 is 0. The largest absolute Gasteiger partial charge is 0.466 e. The van der Waals surface area contributed by atoms with E-state index in [1.54, 1.807) is 6.92 Å². The molecular weight excluding hydrogens is 240 g/mol. The second-order valence-electron chi connectivity index (χ2n) is 3.25. The third-order valence-corrected chi connectivity index (χ3v) is 1.82. The molecule has 0 radical (unpaired) electrons. The van der Waals surface area contributed by atoms with Crippen molar-refractivity contribution >= 4 is 17.9 Å². The number of hydrogen-bond donors (Lipinski definition) is 0. The van der Waals surface area contributed by atoms with Crippen molar-refractivity contribution in [3.8, 4) is 0 Å². The van der Waals surface area contributed by atoms with Crippen LogP contribution in [0, 0.1) is 0 Å². The molecule has 18 heavy (non-hydrogen) atoms. The summed E-state index contributed by atoms with van der Waals surface area (Å²) in [5, 5.41) is 0. The normalized spacial score (nSPS) is 9.39. The summed E-state index contributed by atoms with van der Waals surface area (Å²) in [5.74, 6) is -1.33. The fourth-order valence-electron chi connectivity index (χ4n) is 1.04. The molecule has 0 N–H and O–H groups in total. The Bertz CT molecular complexity index is 297. The van der Waals surface area contributed by atoms with Gasteiger partial charge in [0.2, 0.25) is 0 Å². The van der Waals surface area contributed by atoms with Gasteiger partial charge in [-0.25, -0.2) is 4.79 Å². The van der Waals surface area contributed by atoms with Crippen LogP contribution in [0.3, 0.4) is 0 Å². The Hall–Kier alpha value is -1.85. The van der Waals surface area contributed by atoms with Gasteiger partial charge in [0, 0.05) is 18.9 Å². The third kappa shape index (κ3) is 9.38. The van der Waals surface area contributed by atoms with E-state index in [0.717, 1.165) is 6.08 Å². The highest BCUT2D eigenvalue weighted by molar-refractivity contribution is 5.81. The van der Waals surface area contributed by atoms with E-state index in [-0.39, 0.29) is 32.0 Å². The van der Waals surface area contributed by atoms with E-state index in [2.05, 4.69) is 11.3 Å². The minimum atomic E-state index is -0.562. The molecule has 6 heteroatoms. The van der Waals surface area contributed by atoms with Crippen molar-refractivity contribution in [2.75, 3.05) is 19.8 Å². The highest BCUT2D eigenvalue weighted by atomic mass is 16.6. The van der Waals surface area contributed by atoms with E-state index in [1.165, 1.54) is 0 Å². The second kappa shape index (κ2) is 10.3. The number of hydrogen-bond acceptors (Lipinski definition) is 6. The van der Waals surface area contributed by atoms with Crippen LogP contribution in [0.25, 0.3) is 0 Å². The number of rotatable bonds is 9. The molecule has 0 aromatic carbocycles. The zero-order valence-corrected chi connectivity index (χ0v) is 10.5. The van der Waals surface area contributed by atoms with Crippen molar-refractivity contribution in [1.29, 1.82) is 0 Å². The van der Waals surface area contributed by atoms with Gasteiger partial charge in [0.25, 0.3) is 0 Å². The van der Waals surface area contributed by atoms with E-state index in [0.29, 0.717) is 13.0 Å². The average Bonchev–Trinajstić information content (AvgIpc) is 2.34. The Morgan fingerprint density at radius 3 is 2.11 bits per heavy atom. The summed E-state index contributed by atoms with van der Waals surface area (Å²) in [6.45, 7) is 5.26. The summed E-state index contributed by atoms with van der Waals surface area (Å²) in [4.78, 5) is 32.7. The van der Waals surface area contributed by atoms with Crippen molar-refractivity contribution in [1.82, 2.24) is 0 Å². The quantitative estimate of drug-likeness (QED) is 0.265. The molecule has 0 amide bonds. The van der Waals surface area contributed by atoms with E-state index in [4.69, 9.17) is 9.47 Å². The molecule has 0 fully saturated rings. The summed E-state index contributed by atoms with van der Waals surface area (Å²) in [7, 11) is 0. The summed E-state index contributed by atoms with van der Waals surface area (Å²) in [6.07, 6.45) is 1.73. The number of carbonyl (C=O) groups excluding carboxylic acids is 3. The highest BCUT2D eigenvalue weighted by Gasteiger charge is 2.06. The first-order chi connectivity index (χ1) is 8.60. The molecule has 0 spiro atoms. The number of esters is 3. The van der Waals surface area contributed by atoms with E-state index in [1.807, 2.05) is 0 Å². The Kier molecular flexibility index (Phi) is 9.25. The maximum absolute atomic E-state index is 11.2. The Morgan fingerprint density at radius 1 is 1.00 bits per heavy atom. The van der Waals surface area contributed by atoms with Crippen molar-refractivity contribution in [3.63, 3.8) is 0 Å². The topological polar surface area (TPSA) is 78.9 Å². The molecule has 0 aliphatic rings. The molecule has 102 valence electrons. The molecule has 0 unspecified atom stereocenters. The standard InChI is InChI=1S/C12H18O6/c1-3-10(13)17-8-9-18-12(15)7-5-6-11(14)16-4-2/h3H,1,4-9H2,2H3. The molecular formula is C12H18O6. The molecule has 0 atom stereocenters. The van der Waals surface area contributed by atoms with Gasteiger partial charge in [-0.3, -0.25) is 9.59 Å². The van der Waals surface area contributed by atoms with Gasteiger partial charge in [0.1, 0.15) is 13.2 Å². The molecule has 0 rings (SSSR count). The van der Waals surface area contributed by atoms with Crippen LogP contribution in [0.4, 0.5) is 0 Å². The number of carbonyl (C=O) groups is 3. The molecule has 0 aromatic heterocycles. The molecule has 0 aliphatic carbocycles. The Balaban J connectivity index is 3.46. The molecule has 0 saturated carbocycles. The first-order valence-electron chi connectivity index (χ1n) is 5.70. The van der Waals surface area contributed by atoms with Gasteiger partial charge in [-0.05, 0) is 13.3 Å². The zero-order valence-electron chi connectivity index (χ0n) is 10.5. The van der Waals surface area contributed by atoms with Gasteiger partial charge >= 0.3 is 17.9 Å². The van der Waals surface area contributed by atoms with Crippen LogP contribution < -0.4 is 0 Å². The average molecular weight is 258 g/mol. The predicted molar refractivity (Wildman–Crippen MR) is 62.6 cm³/mol. The molecule has 0 aliphatic heterocycles. The minimum absolute atomic E-state index is 0.00216. The van der Waals surface area contributed by atoms with Crippen LogP contribution in [-0.4, -0.2) is 37.7 Å². The van der Waals surface area contributed by atoms with Crippen molar-refractivity contribution in [2.24, 2.45) is 0 Å². The first-order valence-corrected chi connectivity index (χ1v) is 5.70. The summed E-state index contributed by atoms with van der Waals surface area (Å²) in [5.41, 5.74) is 0. The van der Waals surface area contributed by atoms with Gasteiger partial charge in [-0.2, -0.15) is 0 Å².